The molecule has 3 heteroatoms. The Labute approximate surface area is 87.6 Å². The molecule has 0 aliphatic heterocycles. The maximum atomic E-state index is 9.10. The van der Waals surface area contributed by atoms with Crippen LogP contribution < -0.4 is 5.73 Å². The van der Waals surface area contributed by atoms with Gasteiger partial charge in [0.2, 0.25) is 0 Å². The molecule has 0 aromatic rings. The van der Waals surface area contributed by atoms with Crippen molar-refractivity contribution in [3.05, 3.63) is 0 Å². The van der Waals surface area contributed by atoms with Crippen LogP contribution in [0.15, 0.2) is 0 Å². The molecular formula is C11H25NO2. The van der Waals surface area contributed by atoms with Crippen molar-refractivity contribution in [3.8, 4) is 0 Å². The highest BCUT2D eigenvalue weighted by atomic mass is 16.5. The molecular weight excluding hydrogens is 178 g/mol. The third-order valence-electron chi connectivity index (χ3n) is 2.61. The first-order valence-corrected chi connectivity index (χ1v) is 5.67. The van der Waals surface area contributed by atoms with Crippen molar-refractivity contribution in [3.63, 3.8) is 0 Å². The summed E-state index contributed by atoms with van der Waals surface area (Å²) in [5.41, 5.74) is 5.36. The average Bonchev–Trinajstić information content (AvgIpc) is 2.14. The molecule has 0 spiro atoms. The van der Waals surface area contributed by atoms with E-state index in [1.165, 1.54) is 0 Å². The van der Waals surface area contributed by atoms with Crippen LogP contribution in [0.2, 0.25) is 0 Å². The highest BCUT2D eigenvalue weighted by Crippen LogP contribution is 2.17. The molecule has 3 atom stereocenters. The highest BCUT2D eigenvalue weighted by molar-refractivity contribution is 4.67. The minimum absolute atomic E-state index is 0.199. The molecule has 3 nitrogen and oxygen atoms in total. The zero-order valence-electron chi connectivity index (χ0n) is 9.70. The van der Waals surface area contributed by atoms with Crippen molar-refractivity contribution in [2.24, 2.45) is 11.7 Å². The summed E-state index contributed by atoms with van der Waals surface area (Å²) in [5, 5.41) is 9.10. The van der Waals surface area contributed by atoms with Crippen LogP contribution in [0.5, 0.6) is 0 Å². The predicted molar refractivity (Wildman–Crippen MR) is 58.9 cm³/mol. The van der Waals surface area contributed by atoms with E-state index in [-0.39, 0.29) is 6.10 Å². The highest BCUT2D eigenvalue weighted by Gasteiger charge is 2.17. The molecule has 0 rings (SSSR count). The van der Waals surface area contributed by atoms with Gasteiger partial charge in [-0.25, -0.2) is 0 Å². The summed E-state index contributed by atoms with van der Waals surface area (Å²) in [7, 11) is 0. The number of rotatable bonds is 8. The van der Waals surface area contributed by atoms with Crippen molar-refractivity contribution < 1.29 is 9.84 Å². The maximum absolute atomic E-state index is 9.10. The minimum Gasteiger partial charge on any atom is -0.379 e. The standard InChI is InChI=1S/C11H25NO2/c1-4-6-7-14-9(3)10(5-2)8-11(12)13/h9-11,13H,4-8,12H2,1-3H3. The second kappa shape index (κ2) is 8.21. The lowest BCUT2D eigenvalue weighted by Gasteiger charge is -2.24. The number of nitrogens with two attached hydrogens (primary N) is 1. The summed E-state index contributed by atoms with van der Waals surface area (Å²) in [5.74, 6) is 0.367. The SMILES string of the molecule is CCCCOC(C)C(CC)CC(N)O. The summed E-state index contributed by atoms with van der Waals surface area (Å²) >= 11 is 0. The van der Waals surface area contributed by atoms with E-state index < -0.39 is 6.23 Å². The van der Waals surface area contributed by atoms with E-state index in [0.717, 1.165) is 25.9 Å². The third-order valence-corrected chi connectivity index (χ3v) is 2.61. The van der Waals surface area contributed by atoms with Crippen molar-refractivity contribution in [2.75, 3.05) is 6.61 Å². The Morgan fingerprint density at radius 1 is 1.36 bits per heavy atom. The van der Waals surface area contributed by atoms with Gasteiger partial charge in [-0.1, -0.05) is 26.7 Å². The Hall–Kier alpha value is -0.120. The fourth-order valence-electron chi connectivity index (χ4n) is 1.55. The van der Waals surface area contributed by atoms with Gasteiger partial charge in [-0.3, -0.25) is 0 Å². The van der Waals surface area contributed by atoms with Crippen LogP contribution in [0.4, 0.5) is 0 Å². The molecule has 3 N–H and O–H groups in total. The topological polar surface area (TPSA) is 55.5 Å². The first-order chi connectivity index (χ1) is 6.61. The van der Waals surface area contributed by atoms with Gasteiger partial charge in [0, 0.05) is 6.61 Å². The molecule has 0 aliphatic rings. The first kappa shape index (κ1) is 13.9. The number of aliphatic hydroxyl groups is 1. The first-order valence-electron chi connectivity index (χ1n) is 5.67. The van der Waals surface area contributed by atoms with Crippen molar-refractivity contribution in [1.29, 1.82) is 0 Å². The second-order valence-electron chi connectivity index (χ2n) is 3.90. The van der Waals surface area contributed by atoms with Crippen molar-refractivity contribution >= 4 is 0 Å². The largest absolute Gasteiger partial charge is 0.379 e. The van der Waals surface area contributed by atoms with Gasteiger partial charge < -0.3 is 15.6 Å². The van der Waals surface area contributed by atoms with E-state index in [1.54, 1.807) is 0 Å². The number of aliphatic hydroxyl groups excluding tert-OH is 1. The molecule has 0 radical (unpaired) electrons. The van der Waals surface area contributed by atoms with E-state index in [0.29, 0.717) is 12.3 Å². The number of unbranched alkanes of at least 4 members (excludes halogenated alkanes) is 1. The Kier molecular flexibility index (Phi) is 8.14. The van der Waals surface area contributed by atoms with Crippen LogP contribution >= 0.6 is 0 Å². The van der Waals surface area contributed by atoms with Gasteiger partial charge in [-0.05, 0) is 25.7 Å². The Bertz CT molecular complexity index is 128. The number of hydrogen-bond donors (Lipinski definition) is 2. The normalized spacial score (nSPS) is 17.8. The van der Waals surface area contributed by atoms with Crippen molar-refractivity contribution in [1.82, 2.24) is 0 Å². The van der Waals surface area contributed by atoms with E-state index >= 15 is 0 Å². The lowest BCUT2D eigenvalue weighted by Crippen LogP contribution is -2.29. The molecule has 0 amide bonds. The monoisotopic (exact) mass is 203 g/mol. The molecule has 0 aliphatic carbocycles. The van der Waals surface area contributed by atoms with Crippen LogP contribution in [0.25, 0.3) is 0 Å². The third kappa shape index (κ3) is 6.35. The molecule has 14 heavy (non-hydrogen) atoms. The molecule has 0 saturated heterocycles. The molecule has 3 unspecified atom stereocenters. The molecule has 0 aromatic carbocycles. The van der Waals surface area contributed by atoms with Crippen molar-refractivity contribution in [2.45, 2.75) is 58.8 Å². The van der Waals surface area contributed by atoms with Crippen LogP contribution in [0.3, 0.4) is 0 Å². The molecule has 0 bridgehead atoms. The molecule has 86 valence electrons. The average molecular weight is 203 g/mol. The summed E-state index contributed by atoms with van der Waals surface area (Å²) in [4.78, 5) is 0. The molecule has 0 saturated carbocycles. The van der Waals surface area contributed by atoms with Crippen LogP contribution in [0.1, 0.15) is 46.5 Å². The zero-order chi connectivity index (χ0) is 11.0. The molecule has 0 aromatic heterocycles. The van der Waals surface area contributed by atoms with Gasteiger partial charge in [-0.15, -0.1) is 0 Å². The summed E-state index contributed by atoms with van der Waals surface area (Å²) in [6, 6.07) is 0. The number of hydrogen-bond acceptors (Lipinski definition) is 3. The quantitative estimate of drug-likeness (QED) is 0.468. The smallest absolute Gasteiger partial charge is 0.102 e. The summed E-state index contributed by atoms with van der Waals surface area (Å²) in [6.45, 7) is 7.13. The van der Waals surface area contributed by atoms with Crippen LogP contribution in [-0.2, 0) is 4.74 Å². The van der Waals surface area contributed by atoms with E-state index in [9.17, 15) is 0 Å². The van der Waals surface area contributed by atoms with Gasteiger partial charge in [0.15, 0.2) is 0 Å². The van der Waals surface area contributed by atoms with E-state index in [4.69, 9.17) is 15.6 Å². The Morgan fingerprint density at radius 2 is 2.00 bits per heavy atom. The van der Waals surface area contributed by atoms with E-state index in [2.05, 4.69) is 20.8 Å². The lowest BCUT2D eigenvalue weighted by molar-refractivity contribution is 0.00410. The van der Waals surface area contributed by atoms with Gasteiger partial charge in [-0.2, -0.15) is 0 Å². The van der Waals surface area contributed by atoms with E-state index in [1.807, 2.05) is 0 Å². The fourth-order valence-corrected chi connectivity index (χ4v) is 1.55. The van der Waals surface area contributed by atoms with Crippen LogP contribution in [0, 0.1) is 5.92 Å². The minimum atomic E-state index is -0.711. The summed E-state index contributed by atoms with van der Waals surface area (Å²) in [6.07, 6.45) is 3.38. The molecule has 0 heterocycles. The van der Waals surface area contributed by atoms with Gasteiger partial charge >= 0.3 is 0 Å². The summed E-state index contributed by atoms with van der Waals surface area (Å²) < 4.78 is 5.67. The zero-order valence-corrected chi connectivity index (χ0v) is 9.70. The second-order valence-corrected chi connectivity index (χ2v) is 3.90. The van der Waals surface area contributed by atoms with Gasteiger partial charge in [0.05, 0.1) is 6.10 Å². The maximum Gasteiger partial charge on any atom is 0.102 e. The lowest BCUT2D eigenvalue weighted by atomic mass is 9.96. The van der Waals surface area contributed by atoms with Gasteiger partial charge in [0.25, 0.3) is 0 Å². The van der Waals surface area contributed by atoms with Crippen LogP contribution in [-0.4, -0.2) is 24.0 Å². The fraction of sp³-hybridized carbons (Fsp3) is 1.00. The molecule has 0 fully saturated rings. The Morgan fingerprint density at radius 3 is 2.43 bits per heavy atom. The Balaban J connectivity index is 3.73. The van der Waals surface area contributed by atoms with Gasteiger partial charge in [0.1, 0.15) is 6.23 Å². The number of ether oxygens (including phenoxy) is 1. The predicted octanol–water partition coefficient (Wildman–Crippen LogP) is 1.89.